The zero-order valence-electron chi connectivity index (χ0n) is 8.71. The van der Waals surface area contributed by atoms with Gasteiger partial charge >= 0.3 is 5.97 Å². The number of carboxylic acids is 1. The van der Waals surface area contributed by atoms with Gasteiger partial charge in [-0.3, -0.25) is 4.79 Å². The van der Waals surface area contributed by atoms with Crippen molar-refractivity contribution in [2.75, 3.05) is 26.0 Å². The van der Waals surface area contributed by atoms with Crippen molar-refractivity contribution in [1.29, 1.82) is 0 Å². The van der Waals surface area contributed by atoms with E-state index < -0.39 is 28.0 Å². The fraction of sp³-hybridized carbons (Fsp3) is 0.875. The molecule has 2 atom stereocenters. The number of carboxylic acid groups (broad SMARTS) is 1. The first-order valence-electron chi connectivity index (χ1n) is 4.65. The molecule has 0 radical (unpaired) electrons. The molecular formula is C8H15NO5S. The van der Waals surface area contributed by atoms with Gasteiger partial charge in [0.1, 0.15) is 0 Å². The molecule has 0 saturated carbocycles. The van der Waals surface area contributed by atoms with Gasteiger partial charge in [-0.1, -0.05) is 6.92 Å². The van der Waals surface area contributed by atoms with E-state index in [9.17, 15) is 13.2 Å². The zero-order valence-corrected chi connectivity index (χ0v) is 9.53. The van der Waals surface area contributed by atoms with Crippen molar-refractivity contribution in [2.45, 2.75) is 13.0 Å². The molecule has 2 unspecified atom stereocenters. The SMILES string of the molecule is CCN(C1COCC1C(=O)O)S(C)(=O)=O. The number of likely N-dealkylation sites (N-methyl/N-ethyl adjacent to an activating group) is 1. The predicted octanol–water partition coefficient (Wildman–Crippen LogP) is -0.632. The molecule has 1 aliphatic rings. The third kappa shape index (κ3) is 2.67. The number of hydrogen-bond acceptors (Lipinski definition) is 4. The first kappa shape index (κ1) is 12.4. The predicted molar refractivity (Wildman–Crippen MR) is 53.0 cm³/mol. The molecule has 1 aliphatic heterocycles. The minimum Gasteiger partial charge on any atom is -0.481 e. The van der Waals surface area contributed by atoms with Crippen LogP contribution in [0.3, 0.4) is 0 Å². The maximum Gasteiger partial charge on any atom is 0.310 e. The van der Waals surface area contributed by atoms with Crippen LogP contribution in [0.15, 0.2) is 0 Å². The van der Waals surface area contributed by atoms with Crippen LogP contribution < -0.4 is 0 Å². The zero-order chi connectivity index (χ0) is 11.6. The molecule has 1 heterocycles. The lowest BCUT2D eigenvalue weighted by Gasteiger charge is -2.26. The number of hydrogen-bond donors (Lipinski definition) is 1. The summed E-state index contributed by atoms with van der Waals surface area (Å²) in [7, 11) is -3.37. The lowest BCUT2D eigenvalue weighted by molar-refractivity contribution is -0.142. The molecule has 15 heavy (non-hydrogen) atoms. The Kier molecular flexibility index (Phi) is 3.69. The van der Waals surface area contributed by atoms with Gasteiger partial charge in [-0.25, -0.2) is 8.42 Å². The standard InChI is InChI=1S/C8H15NO5S/c1-3-9(15(2,12)13)7-5-14-4-6(7)8(10)11/h6-7H,3-5H2,1-2H3,(H,10,11). The molecule has 1 rings (SSSR count). The van der Waals surface area contributed by atoms with Crippen LogP contribution in [0.25, 0.3) is 0 Å². The fourth-order valence-corrected chi connectivity index (χ4v) is 2.95. The van der Waals surface area contributed by atoms with Gasteiger partial charge in [0.05, 0.1) is 31.4 Å². The quantitative estimate of drug-likeness (QED) is 0.703. The summed E-state index contributed by atoms with van der Waals surface area (Å²) in [6, 6.07) is -0.581. The van der Waals surface area contributed by atoms with Crippen LogP contribution in [-0.4, -0.2) is 55.9 Å². The lowest BCUT2D eigenvalue weighted by atomic mass is 10.0. The minimum absolute atomic E-state index is 0.0754. The number of rotatable bonds is 4. The van der Waals surface area contributed by atoms with Gasteiger partial charge in [0.15, 0.2) is 0 Å². The summed E-state index contributed by atoms with van der Waals surface area (Å²) in [5.74, 6) is -1.78. The Morgan fingerprint density at radius 2 is 2.13 bits per heavy atom. The molecule has 0 amide bonds. The van der Waals surface area contributed by atoms with Crippen molar-refractivity contribution in [3.63, 3.8) is 0 Å². The van der Waals surface area contributed by atoms with E-state index in [1.54, 1.807) is 6.92 Å². The van der Waals surface area contributed by atoms with Gasteiger partial charge in [-0.2, -0.15) is 4.31 Å². The van der Waals surface area contributed by atoms with Gasteiger partial charge in [-0.15, -0.1) is 0 Å². The van der Waals surface area contributed by atoms with Crippen molar-refractivity contribution in [3.05, 3.63) is 0 Å². The molecule has 88 valence electrons. The van der Waals surface area contributed by atoms with Gasteiger partial charge in [0.25, 0.3) is 0 Å². The summed E-state index contributed by atoms with van der Waals surface area (Å²) in [4.78, 5) is 10.9. The molecule has 0 aliphatic carbocycles. The van der Waals surface area contributed by atoms with Crippen LogP contribution in [0.5, 0.6) is 0 Å². The van der Waals surface area contributed by atoms with E-state index in [2.05, 4.69) is 0 Å². The second-order valence-electron chi connectivity index (χ2n) is 3.52. The minimum atomic E-state index is -3.37. The van der Waals surface area contributed by atoms with Crippen molar-refractivity contribution in [1.82, 2.24) is 4.31 Å². The Hall–Kier alpha value is -0.660. The third-order valence-electron chi connectivity index (χ3n) is 2.48. The highest BCUT2D eigenvalue weighted by Gasteiger charge is 2.40. The van der Waals surface area contributed by atoms with Crippen LogP contribution in [0.4, 0.5) is 0 Å². The van der Waals surface area contributed by atoms with E-state index in [4.69, 9.17) is 9.84 Å². The molecule has 7 heteroatoms. The Labute approximate surface area is 88.9 Å². The van der Waals surface area contributed by atoms with E-state index in [1.165, 1.54) is 4.31 Å². The molecule has 0 aromatic heterocycles. The summed E-state index contributed by atoms with van der Waals surface area (Å²) in [5, 5.41) is 8.89. The molecule has 6 nitrogen and oxygen atoms in total. The molecule has 0 aromatic rings. The molecule has 1 saturated heterocycles. The average Bonchev–Trinajstić information content (AvgIpc) is 2.51. The number of sulfonamides is 1. The fourth-order valence-electron chi connectivity index (χ4n) is 1.78. The lowest BCUT2D eigenvalue weighted by Crippen LogP contribution is -2.45. The summed E-state index contributed by atoms with van der Waals surface area (Å²) in [6.45, 7) is 2.17. The number of carbonyl (C=O) groups is 1. The first-order valence-corrected chi connectivity index (χ1v) is 6.50. The third-order valence-corrected chi connectivity index (χ3v) is 3.86. The molecule has 1 fully saturated rings. The van der Waals surface area contributed by atoms with Crippen molar-refractivity contribution in [3.8, 4) is 0 Å². The van der Waals surface area contributed by atoms with Crippen molar-refractivity contribution < 1.29 is 23.1 Å². The summed E-state index contributed by atoms with van der Waals surface area (Å²) >= 11 is 0. The average molecular weight is 237 g/mol. The van der Waals surface area contributed by atoms with Gasteiger partial charge in [-0.05, 0) is 0 Å². The van der Waals surface area contributed by atoms with Crippen LogP contribution in [0.1, 0.15) is 6.92 Å². The Morgan fingerprint density at radius 3 is 2.53 bits per heavy atom. The Morgan fingerprint density at radius 1 is 1.53 bits per heavy atom. The summed E-state index contributed by atoms with van der Waals surface area (Å²) in [5.41, 5.74) is 0. The largest absolute Gasteiger partial charge is 0.481 e. The number of aliphatic carboxylic acids is 1. The van der Waals surface area contributed by atoms with Crippen LogP contribution >= 0.6 is 0 Å². The van der Waals surface area contributed by atoms with Crippen LogP contribution in [-0.2, 0) is 19.6 Å². The van der Waals surface area contributed by atoms with E-state index >= 15 is 0 Å². The molecule has 0 spiro atoms. The van der Waals surface area contributed by atoms with E-state index in [0.717, 1.165) is 6.26 Å². The van der Waals surface area contributed by atoms with Gasteiger partial charge < -0.3 is 9.84 Å². The van der Waals surface area contributed by atoms with Gasteiger partial charge in [0, 0.05) is 6.54 Å². The molecule has 1 N–H and O–H groups in total. The highest BCUT2D eigenvalue weighted by Crippen LogP contribution is 2.21. The Bertz CT molecular complexity index is 339. The van der Waals surface area contributed by atoms with E-state index in [0.29, 0.717) is 0 Å². The second-order valence-corrected chi connectivity index (χ2v) is 5.45. The van der Waals surface area contributed by atoms with E-state index in [-0.39, 0.29) is 19.8 Å². The highest BCUT2D eigenvalue weighted by atomic mass is 32.2. The number of ether oxygens (including phenoxy) is 1. The molecule has 0 aromatic carbocycles. The monoisotopic (exact) mass is 237 g/mol. The molecule has 0 bridgehead atoms. The molecular weight excluding hydrogens is 222 g/mol. The number of nitrogens with zero attached hydrogens (tertiary/aromatic N) is 1. The van der Waals surface area contributed by atoms with Crippen LogP contribution in [0.2, 0.25) is 0 Å². The maximum atomic E-state index is 11.4. The normalized spacial score (nSPS) is 27.1. The van der Waals surface area contributed by atoms with Crippen molar-refractivity contribution in [2.24, 2.45) is 5.92 Å². The topological polar surface area (TPSA) is 83.9 Å². The van der Waals surface area contributed by atoms with Gasteiger partial charge in [0.2, 0.25) is 10.0 Å². The first-order chi connectivity index (χ1) is 6.88. The smallest absolute Gasteiger partial charge is 0.310 e. The van der Waals surface area contributed by atoms with Crippen molar-refractivity contribution >= 4 is 16.0 Å². The highest BCUT2D eigenvalue weighted by molar-refractivity contribution is 7.88. The summed E-state index contributed by atoms with van der Waals surface area (Å²) in [6.07, 6.45) is 1.08. The maximum absolute atomic E-state index is 11.4. The van der Waals surface area contributed by atoms with E-state index in [1.807, 2.05) is 0 Å². The summed E-state index contributed by atoms with van der Waals surface area (Å²) < 4.78 is 29.0. The van der Waals surface area contributed by atoms with Crippen LogP contribution in [0, 0.1) is 5.92 Å². The Balaban J connectivity index is 2.90. The second kappa shape index (κ2) is 4.46.